The highest BCUT2D eigenvalue weighted by molar-refractivity contribution is 7.10. The van der Waals surface area contributed by atoms with Gasteiger partial charge in [-0.05, 0) is 39.7 Å². The van der Waals surface area contributed by atoms with Gasteiger partial charge in [-0.3, -0.25) is 14.5 Å². The first-order valence-corrected chi connectivity index (χ1v) is 10.1. The number of aromatic nitrogens is 1. The summed E-state index contributed by atoms with van der Waals surface area (Å²) in [5.74, 6) is 0.523. The number of aryl methyl sites for hydroxylation is 2. The number of hydrogen-bond acceptors (Lipinski definition) is 6. The molecular weight excluding hydrogens is 364 g/mol. The fraction of sp³-hybridized carbons (Fsp3) is 0.526. The fourth-order valence-corrected chi connectivity index (χ4v) is 4.45. The van der Waals surface area contributed by atoms with Crippen molar-refractivity contribution in [2.24, 2.45) is 0 Å². The second kappa shape index (κ2) is 8.22. The van der Waals surface area contributed by atoms with Gasteiger partial charge in [-0.1, -0.05) is 5.16 Å². The molecule has 0 aromatic carbocycles. The van der Waals surface area contributed by atoms with E-state index in [9.17, 15) is 9.59 Å². The highest BCUT2D eigenvalue weighted by Crippen LogP contribution is 2.30. The number of carbonyl (C=O) groups excluding carboxylic acids is 2. The molecule has 0 saturated heterocycles. The Kier molecular flexibility index (Phi) is 5.96. The summed E-state index contributed by atoms with van der Waals surface area (Å²) in [6, 6.07) is -0.548. The van der Waals surface area contributed by atoms with Crippen LogP contribution >= 0.6 is 11.3 Å². The van der Waals surface area contributed by atoms with Gasteiger partial charge < -0.3 is 15.2 Å². The quantitative estimate of drug-likeness (QED) is 0.789. The summed E-state index contributed by atoms with van der Waals surface area (Å²) < 4.78 is 5.26. The molecule has 0 bridgehead atoms. The molecule has 27 heavy (non-hydrogen) atoms. The highest BCUT2D eigenvalue weighted by atomic mass is 32.1. The first-order chi connectivity index (χ1) is 12.9. The average Bonchev–Trinajstić information content (AvgIpc) is 3.20. The number of likely N-dealkylation sites (N-methyl/N-ethyl adjacent to an activating group) is 1. The molecule has 0 aliphatic carbocycles. The third kappa shape index (κ3) is 4.22. The Morgan fingerprint density at radius 3 is 2.85 bits per heavy atom. The van der Waals surface area contributed by atoms with Crippen LogP contribution in [0.3, 0.4) is 0 Å². The minimum absolute atomic E-state index is 0.166. The van der Waals surface area contributed by atoms with Crippen LogP contribution in [-0.4, -0.2) is 41.0 Å². The number of nitrogens with one attached hydrogen (secondary N) is 2. The van der Waals surface area contributed by atoms with Crippen molar-refractivity contribution < 1.29 is 14.1 Å². The highest BCUT2D eigenvalue weighted by Gasteiger charge is 2.26. The van der Waals surface area contributed by atoms with E-state index < -0.39 is 6.04 Å². The van der Waals surface area contributed by atoms with Crippen molar-refractivity contribution in [3.8, 4) is 0 Å². The Balaban J connectivity index is 1.66. The lowest BCUT2D eigenvalue weighted by Crippen LogP contribution is -2.45. The minimum Gasteiger partial charge on any atom is -0.361 e. The van der Waals surface area contributed by atoms with Crippen LogP contribution in [0.1, 0.15) is 51.7 Å². The predicted molar refractivity (Wildman–Crippen MR) is 104 cm³/mol. The lowest BCUT2D eigenvalue weighted by atomic mass is 10.0. The van der Waals surface area contributed by atoms with Crippen molar-refractivity contribution in [3.05, 3.63) is 38.4 Å². The molecule has 1 atom stereocenters. The van der Waals surface area contributed by atoms with Crippen LogP contribution in [0.15, 0.2) is 9.90 Å². The normalized spacial score (nSPS) is 15.3. The monoisotopic (exact) mass is 390 g/mol. The van der Waals surface area contributed by atoms with E-state index in [0.29, 0.717) is 12.1 Å². The second-order valence-electron chi connectivity index (χ2n) is 6.90. The SMILES string of the molecule is CCNC(=O)[C@H](C)NC(=O)c1csc2c1CCN(Cc1c(C)noc1C)C2. The van der Waals surface area contributed by atoms with Gasteiger partial charge in [0.1, 0.15) is 11.8 Å². The Morgan fingerprint density at radius 2 is 2.19 bits per heavy atom. The topological polar surface area (TPSA) is 87.5 Å². The number of amides is 2. The van der Waals surface area contributed by atoms with Gasteiger partial charge in [0, 0.05) is 42.0 Å². The van der Waals surface area contributed by atoms with Gasteiger partial charge in [0.05, 0.1) is 11.3 Å². The summed E-state index contributed by atoms with van der Waals surface area (Å²) in [6.07, 6.45) is 0.820. The van der Waals surface area contributed by atoms with Crippen LogP contribution in [0.2, 0.25) is 0 Å². The van der Waals surface area contributed by atoms with Crippen molar-refractivity contribution in [2.75, 3.05) is 13.1 Å². The molecule has 2 amide bonds. The minimum atomic E-state index is -0.548. The van der Waals surface area contributed by atoms with Gasteiger partial charge >= 0.3 is 0 Å². The zero-order valence-electron chi connectivity index (χ0n) is 16.2. The Morgan fingerprint density at radius 1 is 1.41 bits per heavy atom. The molecular formula is C19H26N4O3S. The molecule has 3 rings (SSSR count). The maximum Gasteiger partial charge on any atom is 0.253 e. The van der Waals surface area contributed by atoms with E-state index >= 15 is 0 Å². The number of rotatable bonds is 6. The van der Waals surface area contributed by atoms with Crippen LogP contribution in [-0.2, 0) is 24.3 Å². The Bertz CT molecular complexity index is 823. The summed E-state index contributed by atoms with van der Waals surface area (Å²) >= 11 is 1.61. The summed E-state index contributed by atoms with van der Waals surface area (Å²) in [5, 5.41) is 11.5. The molecule has 2 N–H and O–H groups in total. The number of thiophene rings is 1. The Labute approximate surface area is 163 Å². The Hall–Kier alpha value is -2.19. The van der Waals surface area contributed by atoms with Crippen LogP contribution < -0.4 is 10.6 Å². The van der Waals surface area contributed by atoms with Gasteiger partial charge in [0.25, 0.3) is 5.91 Å². The van der Waals surface area contributed by atoms with Gasteiger partial charge in [-0.15, -0.1) is 11.3 Å². The average molecular weight is 391 g/mol. The predicted octanol–water partition coefficient (Wildman–Crippen LogP) is 2.17. The molecule has 1 aliphatic rings. The number of carbonyl (C=O) groups is 2. The number of fused-ring (bicyclic) bond motifs is 1. The van der Waals surface area contributed by atoms with Crippen molar-refractivity contribution >= 4 is 23.2 Å². The third-order valence-electron chi connectivity index (χ3n) is 4.93. The van der Waals surface area contributed by atoms with Crippen molar-refractivity contribution in [1.29, 1.82) is 0 Å². The molecule has 0 radical (unpaired) electrons. The van der Waals surface area contributed by atoms with Crippen LogP contribution in [0, 0.1) is 13.8 Å². The molecule has 1 aliphatic heterocycles. The smallest absolute Gasteiger partial charge is 0.253 e. The molecule has 0 unspecified atom stereocenters. The van der Waals surface area contributed by atoms with E-state index in [0.717, 1.165) is 48.6 Å². The van der Waals surface area contributed by atoms with Gasteiger partial charge in [0.2, 0.25) is 5.91 Å². The van der Waals surface area contributed by atoms with Gasteiger partial charge in [-0.25, -0.2) is 0 Å². The lowest BCUT2D eigenvalue weighted by Gasteiger charge is -2.27. The molecule has 2 aromatic heterocycles. The molecule has 7 nitrogen and oxygen atoms in total. The van der Waals surface area contributed by atoms with Crippen molar-refractivity contribution in [3.63, 3.8) is 0 Å². The van der Waals surface area contributed by atoms with Crippen LogP contribution in [0.25, 0.3) is 0 Å². The molecule has 8 heteroatoms. The zero-order valence-corrected chi connectivity index (χ0v) is 17.0. The van der Waals surface area contributed by atoms with E-state index in [1.54, 1.807) is 18.3 Å². The largest absolute Gasteiger partial charge is 0.361 e. The molecule has 146 valence electrons. The summed E-state index contributed by atoms with van der Waals surface area (Å²) in [7, 11) is 0. The first kappa shape index (κ1) is 19.6. The molecule has 0 spiro atoms. The van der Waals surface area contributed by atoms with E-state index in [4.69, 9.17) is 4.52 Å². The van der Waals surface area contributed by atoms with Crippen LogP contribution in [0.4, 0.5) is 0 Å². The van der Waals surface area contributed by atoms with Crippen LogP contribution in [0.5, 0.6) is 0 Å². The number of hydrogen-bond donors (Lipinski definition) is 2. The summed E-state index contributed by atoms with van der Waals surface area (Å²) in [4.78, 5) is 28.0. The number of nitrogens with zero attached hydrogens (tertiary/aromatic N) is 2. The van der Waals surface area contributed by atoms with Crippen molar-refractivity contribution in [2.45, 2.75) is 53.2 Å². The molecule has 0 saturated carbocycles. The van der Waals surface area contributed by atoms with Gasteiger partial charge in [0.15, 0.2) is 0 Å². The maximum atomic E-state index is 12.6. The summed E-state index contributed by atoms with van der Waals surface area (Å²) in [6.45, 7) is 10.5. The third-order valence-corrected chi connectivity index (χ3v) is 5.94. The lowest BCUT2D eigenvalue weighted by molar-refractivity contribution is -0.122. The summed E-state index contributed by atoms with van der Waals surface area (Å²) in [5.41, 5.74) is 3.88. The molecule has 0 fully saturated rings. The van der Waals surface area contributed by atoms with Crippen molar-refractivity contribution in [1.82, 2.24) is 20.7 Å². The van der Waals surface area contributed by atoms with E-state index in [2.05, 4.69) is 20.7 Å². The molecule has 2 aromatic rings. The first-order valence-electron chi connectivity index (χ1n) is 9.22. The standard InChI is InChI=1S/C19H26N4O3S/c1-5-20-18(24)12(3)21-19(25)16-10-27-17-9-23(7-6-14(16)17)8-15-11(2)22-26-13(15)4/h10,12H,5-9H2,1-4H3,(H,20,24)(H,21,25)/t12-/m0/s1. The molecule has 3 heterocycles. The fourth-order valence-electron chi connectivity index (χ4n) is 3.33. The maximum absolute atomic E-state index is 12.6. The van der Waals surface area contributed by atoms with E-state index in [1.807, 2.05) is 26.2 Å². The zero-order chi connectivity index (χ0) is 19.6. The van der Waals surface area contributed by atoms with Gasteiger partial charge in [-0.2, -0.15) is 0 Å². The second-order valence-corrected chi connectivity index (χ2v) is 7.87. The van der Waals surface area contributed by atoms with E-state index in [1.165, 1.54) is 4.88 Å². The van der Waals surface area contributed by atoms with E-state index in [-0.39, 0.29) is 11.8 Å².